The first kappa shape index (κ1) is 26.8. The molecule has 1 aliphatic carbocycles. The summed E-state index contributed by atoms with van der Waals surface area (Å²) in [7, 11) is 2.21. The Morgan fingerprint density at radius 3 is 2.71 bits per heavy atom. The van der Waals surface area contributed by atoms with Crippen LogP contribution in [0.5, 0.6) is 5.75 Å². The summed E-state index contributed by atoms with van der Waals surface area (Å²) in [5, 5.41) is 0. The summed E-state index contributed by atoms with van der Waals surface area (Å²) >= 11 is 0.628. The van der Waals surface area contributed by atoms with Crippen LogP contribution in [0.25, 0.3) is 27.0 Å². The summed E-state index contributed by atoms with van der Waals surface area (Å²) in [4.78, 5) is 2.37. The van der Waals surface area contributed by atoms with Crippen LogP contribution in [0.2, 0.25) is 0 Å². The van der Waals surface area contributed by atoms with Crippen molar-refractivity contribution in [1.29, 1.82) is 0 Å². The van der Waals surface area contributed by atoms with Gasteiger partial charge in [0.2, 0.25) is 0 Å². The second kappa shape index (κ2) is 11.0. The molecule has 0 bridgehead atoms. The van der Waals surface area contributed by atoms with Crippen LogP contribution in [-0.2, 0) is 6.54 Å². The molecule has 41 heavy (non-hydrogen) atoms. The topological polar surface area (TPSA) is 16.4 Å². The molecule has 3 nitrogen and oxygen atoms in total. The zero-order chi connectivity index (χ0) is 28.1. The van der Waals surface area contributed by atoms with Gasteiger partial charge in [-0.1, -0.05) is 0 Å². The average Bonchev–Trinajstić information content (AvgIpc) is 3.49. The van der Waals surface area contributed by atoms with Crippen LogP contribution in [0.4, 0.5) is 5.69 Å². The van der Waals surface area contributed by atoms with Crippen LogP contribution in [-0.4, -0.2) is 43.1 Å². The van der Waals surface area contributed by atoms with E-state index in [1.807, 2.05) is 0 Å². The summed E-state index contributed by atoms with van der Waals surface area (Å²) < 4.78 is 14.6. The molecule has 206 valence electrons. The number of rotatable bonds is 4. The Hall–Kier alpha value is -3.07. The number of allylic oxidation sites excluding steroid dienone is 6. The maximum atomic E-state index is 6.20. The molecule has 4 aromatic rings. The molecule has 0 amide bonds. The molecule has 3 aromatic carbocycles. The molecule has 3 aliphatic rings. The van der Waals surface area contributed by atoms with Crippen LogP contribution >= 0.6 is 0 Å². The quantitative estimate of drug-likeness (QED) is 0.181. The second-order valence-electron chi connectivity index (χ2n) is 11.5. The molecule has 1 aromatic heterocycles. The molecule has 3 heterocycles. The molecule has 7 rings (SSSR count). The van der Waals surface area contributed by atoms with Crippen molar-refractivity contribution in [3.8, 4) is 16.9 Å². The Morgan fingerprint density at radius 1 is 1.00 bits per heavy atom. The van der Waals surface area contributed by atoms with E-state index in [1.54, 1.807) is 0 Å². The van der Waals surface area contributed by atoms with Crippen molar-refractivity contribution in [3.05, 3.63) is 110 Å². The Bertz CT molecular complexity index is 1790. The first-order chi connectivity index (χ1) is 19.9. The molecule has 1 atom stereocenters. The van der Waals surface area contributed by atoms with E-state index in [2.05, 4.69) is 122 Å². The van der Waals surface area contributed by atoms with Crippen LogP contribution in [0, 0.1) is 12.8 Å². The Morgan fingerprint density at radius 2 is 1.85 bits per heavy atom. The number of hydrogen-bond donors (Lipinski definition) is 0. The van der Waals surface area contributed by atoms with Crippen molar-refractivity contribution < 1.29 is 9.30 Å². The van der Waals surface area contributed by atoms with Crippen molar-refractivity contribution >= 4 is 55.5 Å². The fraction of sp³-hybridized carbons (Fsp3) is 0.250. The minimum absolute atomic E-state index is 0.263. The molecule has 0 fully saturated rings. The van der Waals surface area contributed by atoms with Gasteiger partial charge in [-0.15, -0.1) is 0 Å². The van der Waals surface area contributed by atoms with Gasteiger partial charge in [0, 0.05) is 0 Å². The molecule has 1 unspecified atom stereocenters. The number of ether oxygens (including phenoxy) is 1. The Kier molecular flexibility index (Phi) is 7.17. The molecule has 0 radical (unpaired) electrons. The van der Waals surface area contributed by atoms with Crippen LogP contribution in [0.15, 0.2) is 100 Å². The predicted octanol–water partition coefficient (Wildman–Crippen LogP) is 6.56. The predicted molar refractivity (Wildman–Crippen MR) is 173 cm³/mol. The summed E-state index contributed by atoms with van der Waals surface area (Å²) in [6.07, 6.45) is 11.8. The van der Waals surface area contributed by atoms with Gasteiger partial charge >= 0.3 is 257 Å². The number of anilines is 1. The van der Waals surface area contributed by atoms with Gasteiger partial charge in [-0.3, -0.25) is 0 Å². The van der Waals surface area contributed by atoms with Crippen molar-refractivity contribution in [1.82, 2.24) is 0 Å². The normalized spacial score (nSPS) is 20.5. The van der Waals surface area contributed by atoms with Crippen LogP contribution < -0.4 is 18.7 Å². The third-order valence-electron chi connectivity index (χ3n) is 8.42. The van der Waals surface area contributed by atoms with Gasteiger partial charge in [0.05, 0.1) is 0 Å². The number of nitrogens with zero attached hydrogens (tertiary/aromatic N) is 2. The van der Waals surface area contributed by atoms with Crippen LogP contribution in [0.3, 0.4) is 0 Å². The van der Waals surface area contributed by atoms with Gasteiger partial charge in [-0.2, -0.15) is 0 Å². The molecule has 0 spiro atoms. The fourth-order valence-electron chi connectivity index (χ4n) is 6.20. The average molecular weight is 670 g/mol. The van der Waals surface area contributed by atoms with Gasteiger partial charge in [0.25, 0.3) is 0 Å². The molecular formula is C36H35N2OSe2+. The third-order valence-corrected chi connectivity index (χ3v) is 13.2. The number of benzene rings is 3. The zero-order valence-corrected chi connectivity index (χ0v) is 27.5. The number of aromatic nitrogens is 1. The van der Waals surface area contributed by atoms with E-state index in [0.717, 1.165) is 31.7 Å². The van der Waals surface area contributed by atoms with Gasteiger partial charge < -0.3 is 0 Å². The number of hydrogen-bond acceptors (Lipinski definition) is 2. The maximum absolute atomic E-state index is 6.20. The van der Waals surface area contributed by atoms with Gasteiger partial charge in [-0.05, 0) is 0 Å². The summed E-state index contributed by atoms with van der Waals surface area (Å²) in [5.41, 5.74) is 11.0. The third kappa shape index (κ3) is 5.11. The van der Waals surface area contributed by atoms with E-state index >= 15 is 0 Å². The summed E-state index contributed by atoms with van der Waals surface area (Å²) in [6.45, 7) is 8.58. The zero-order valence-electron chi connectivity index (χ0n) is 24.1. The van der Waals surface area contributed by atoms with E-state index in [9.17, 15) is 0 Å². The van der Waals surface area contributed by atoms with E-state index < -0.39 is 0 Å². The van der Waals surface area contributed by atoms with Crippen molar-refractivity contribution in [3.63, 3.8) is 0 Å². The van der Waals surface area contributed by atoms with E-state index in [-0.39, 0.29) is 14.5 Å². The Labute approximate surface area is 255 Å². The van der Waals surface area contributed by atoms with Crippen molar-refractivity contribution in [2.75, 3.05) is 18.6 Å². The second-order valence-corrected chi connectivity index (χ2v) is 15.9. The molecule has 0 saturated heterocycles. The first-order valence-corrected chi connectivity index (χ1v) is 17.9. The first-order valence-electron chi connectivity index (χ1n) is 14.4. The molecule has 0 saturated carbocycles. The Balaban J connectivity index is 1.21. The number of fused-ring (bicyclic) bond motifs is 1. The van der Waals surface area contributed by atoms with Gasteiger partial charge in [-0.25, -0.2) is 0 Å². The monoisotopic (exact) mass is 671 g/mol. The molecular weight excluding hydrogens is 634 g/mol. The van der Waals surface area contributed by atoms with Crippen molar-refractivity contribution in [2.45, 2.75) is 40.2 Å². The van der Waals surface area contributed by atoms with Crippen molar-refractivity contribution in [2.24, 2.45) is 5.92 Å². The van der Waals surface area contributed by atoms with E-state index in [0.29, 0.717) is 20.9 Å². The summed E-state index contributed by atoms with van der Waals surface area (Å²) in [6, 6.07) is 22.2. The minimum atomic E-state index is 0.263. The summed E-state index contributed by atoms with van der Waals surface area (Å²) in [5.74, 6) is 1.68. The van der Waals surface area contributed by atoms with E-state index in [4.69, 9.17) is 4.74 Å². The fourth-order valence-corrected chi connectivity index (χ4v) is 10.9. The van der Waals surface area contributed by atoms with Gasteiger partial charge in [0.15, 0.2) is 0 Å². The van der Waals surface area contributed by atoms with E-state index in [1.165, 1.54) is 62.5 Å². The SMILES string of the molecule is CC1=C(/C=C/C=C2\[Se]c3ccc(C)cc3N2C)CC(C)C/C1=C\c1[se]c2cc(-c3ccccc3)cc3c2[n+]1CCO3. The number of aryl methyl sites for hydroxylation is 1. The molecule has 0 N–H and O–H groups in total. The standard InChI is InChI=1S/C36H35N2OSe2/c1-23-13-14-32-30(19-23)37(4)34(40-32)12-8-11-27-17-24(2)18-28(25(27)3)22-35-38-15-16-39-31-20-29(21-33(41-35)36(31)38)26-9-6-5-7-10-26/h5-14,19-22,24H,15-18H2,1-4H3/q+1. The molecule has 5 heteroatoms. The van der Waals surface area contributed by atoms with Crippen LogP contribution in [0.1, 0.15) is 36.8 Å². The van der Waals surface area contributed by atoms with Gasteiger partial charge in [0.1, 0.15) is 0 Å². The molecule has 2 aliphatic heterocycles.